The molecule has 2 heterocycles. The third-order valence-electron chi connectivity index (χ3n) is 4.27. The van der Waals surface area contributed by atoms with E-state index in [1.807, 2.05) is 32.0 Å². The topological polar surface area (TPSA) is 56.1 Å². The fourth-order valence-electron chi connectivity index (χ4n) is 3.20. The van der Waals surface area contributed by atoms with Crippen molar-refractivity contribution in [1.29, 1.82) is 0 Å². The van der Waals surface area contributed by atoms with E-state index in [-0.39, 0.29) is 11.9 Å². The Kier molecular flexibility index (Phi) is 4.37. The van der Waals surface area contributed by atoms with Gasteiger partial charge in [-0.3, -0.25) is 4.79 Å². The Hall–Kier alpha value is -2.30. The molecule has 5 heteroatoms. The van der Waals surface area contributed by atoms with Crippen molar-refractivity contribution in [2.24, 2.45) is 0 Å². The quantitative estimate of drug-likeness (QED) is 0.941. The van der Waals surface area contributed by atoms with Crippen LogP contribution in [-0.4, -0.2) is 28.6 Å². The van der Waals surface area contributed by atoms with Crippen LogP contribution in [0.4, 0.5) is 0 Å². The van der Waals surface area contributed by atoms with Gasteiger partial charge in [0.1, 0.15) is 11.6 Å². The first-order valence-electron chi connectivity index (χ1n) is 8.00. The highest BCUT2D eigenvalue weighted by molar-refractivity contribution is 5.79. The van der Waals surface area contributed by atoms with E-state index in [1.54, 1.807) is 7.11 Å². The van der Waals surface area contributed by atoms with Gasteiger partial charge in [-0.2, -0.15) is 0 Å². The molecule has 1 aromatic carbocycles. The zero-order chi connectivity index (χ0) is 16.4. The first kappa shape index (κ1) is 15.6. The zero-order valence-electron chi connectivity index (χ0n) is 13.9. The smallest absolute Gasteiger partial charge is 0.224 e. The van der Waals surface area contributed by atoms with Crippen molar-refractivity contribution >= 4 is 5.91 Å². The molecule has 0 bridgehead atoms. The summed E-state index contributed by atoms with van der Waals surface area (Å²) in [6, 6.07) is 6.08. The Bertz CT molecular complexity index is 721. The second-order valence-corrected chi connectivity index (χ2v) is 6.25. The largest absolute Gasteiger partial charge is 0.496 e. The van der Waals surface area contributed by atoms with E-state index in [1.165, 1.54) is 0 Å². The molecular weight excluding hydrogens is 290 g/mol. The normalized spacial score (nSPS) is 16.7. The minimum atomic E-state index is 0.0409. The number of carbonyl (C=O) groups is 1. The number of aromatic nitrogens is 2. The van der Waals surface area contributed by atoms with Crippen molar-refractivity contribution in [1.82, 2.24) is 14.9 Å². The van der Waals surface area contributed by atoms with E-state index in [0.29, 0.717) is 6.42 Å². The van der Waals surface area contributed by atoms with Crippen molar-refractivity contribution in [3.63, 3.8) is 0 Å². The number of benzene rings is 1. The molecule has 2 aromatic rings. The van der Waals surface area contributed by atoms with E-state index in [9.17, 15) is 4.79 Å². The third kappa shape index (κ3) is 3.55. The lowest BCUT2D eigenvalue weighted by atomic mass is 10.0. The molecule has 0 fully saturated rings. The number of nitrogens with zero attached hydrogens (tertiary/aromatic N) is 2. The summed E-state index contributed by atoms with van der Waals surface area (Å²) in [7, 11) is 1.64. The van der Waals surface area contributed by atoms with Gasteiger partial charge in [-0.05, 0) is 26.3 Å². The molecule has 5 nitrogen and oxygen atoms in total. The second-order valence-electron chi connectivity index (χ2n) is 6.25. The van der Waals surface area contributed by atoms with Crippen molar-refractivity contribution in [2.75, 3.05) is 7.11 Å². The Morgan fingerprint density at radius 1 is 1.43 bits per heavy atom. The number of carbonyl (C=O) groups excluding carboxylic acids is 1. The van der Waals surface area contributed by atoms with Crippen LogP contribution in [0.3, 0.4) is 0 Å². The maximum Gasteiger partial charge on any atom is 0.224 e. The number of imidazole rings is 1. The van der Waals surface area contributed by atoms with Gasteiger partial charge < -0.3 is 14.6 Å². The van der Waals surface area contributed by atoms with Gasteiger partial charge in [-0.25, -0.2) is 4.98 Å². The van der Waals surface area contributed by atoms with Gasteiger partial charge in [-0.15, -0.1) is 0 Å². The van der Waals surface area contributed by atoms with E-state index in [0.717, 1.165) is 47.8 Å². The van der Waals surface area contributed by atoms with Gasteiger partial charge in [-0.1, -0.05) is 17.7 Å². The van der Waals surface area contributed by atoms with E-state index < -0.39 is 0 Å². The number of rotatable bonds is 4. The average molecular weight is 313 g/mol. The van der Waals surface area contributed by atoms with Gasteiger partial charge in [0.05, 0.1) is 19.2 Å². The summed E-state index contributed by atoms with van der Waals surface area (Å²) in [5.41, 5.74) is 3.10. The summed E-state index contributed by atoms with van der Waals surface area (Å²) < 4.78 is 7.50. The standard InChI is InChI=1S/C18H23N3O2/c1-12-4-6-16(23-3)14(8-12)9-18(22)20-15-5-7-17-19-13(2)10-21(17)11-15/h4,6,8,10,15H,5,7,9,11H2,1-3H3,(H,20,22)/t15-/m0/s1. The number of ether oxygens (including phenoxy) is 1. The monoisotopic (exact) mass is 313 g/mol. The molecule has 1 N–H and O–H groups in total. The number of methoxy groups -OCH3 is 1. The molecule has 1 aliphatic heterocycles. The molecule has 0 spiro atoms. The molecule has 23 heavy (non-hydrogen) atoms. The van der Waals surface area contributed by atoms with Crippen LogP contribution >= 0.6 is 0 Å². The van der Waals surface area contributed by atoms with Crippen molar-refractivity contribution < 1.29 is 9.53 Å². The first-order chi connectivity index (χ1) is 11.0. The number of amides is 1. The number of hydrogen-bond acceptors (Lipinski definition) is 3. The van der Waals surface area contributed by atoms with Crippen LogP contribution in [0.5, 0.6) is 5.75 Å². The molecule has 1 atom stereocenters. The number of aryl methyl sites for hydroxylation is 3. The molecule has 0 saturated carbocycles. The molecule has 0 saturated heterocycles. The predicted octanol–water partition coefficient (Wildman–Crippen LogP) is 2.18. The van der Waals surface area contributed by atoms with Gasteiger partial charge in [0.2, 0.25) is 5.91 Å². The van der Waals surface area contributed by atoms with E-state index in [2.05, 4.69) is 21.1 Å². The highest BCUT2D eigenvalue weighted by atomic mass is 16.5. The fraction of sp³-hybridized carbons (Fsp3) is 0.444. The van der Waals surface area contributed by atoms with Crippen molar-refractivity contribution in [2.45, 2.75) is 45.7 Å². The maximum atomic E-state index is 12.4. The molecule has 1 aliphatic rings. The second kappa shape index (κ2) is 6.44. The van der Waals surface area contributed by atoms with Crippen LogP contribution in [0.1, 0.15) is 29.1 Å². The van der Waals surface area contributed by atoms with Gasteiger partial charge in [0.15, 0.2) is 0 Å². The molecule has 122 valence electrons. The molecule has 3 rings (SSSR count). The van der Waals surface area contributed by atoms with Gasteiger partial charge >= 0.3 is 0 Å². The molecular formula is C18H23N3O2. The fourth-order valence-corrected chi connectivity index (χ4v) is 3.20. The predicted molar refractivity (Wildman–Crippen MR) is 88.7 cm³/mol. The van der Waals surface area contributed by atoms with Crippen LogP contribution in [0, 0.1) is 13.8 Å². The summed E-state index contributed by atoms with van der Waals surface area (Å²) in [6.07, 6.45) is 4.24. The minimum Gasteiger partial charge on any atom is -0.496 e. The van der Waals surface area contributed by atoms with E-state index >= 15 is 0 Å². The molecule has 0 radical (unpaired) electrons. The lowest BCUT2D eigenvalue weighted by Gasteiger charge is -2.24. The molecule has 1 aromatic heterocycles. The first-order valence-corrected chi connectivity index (χ1v) is 8.00. The Balaban J connectivity index is 1.63. The van der Waals surface area contributed by atoms with Crippen LogP contribution in [0.2, 0.25) is 0 Å². The summed E-state index contributed by atoms with van der Waals surface area (Å²) >= 11 is 0. The SMILES string of the molecule is COc1ccc(C)cc1CC(=O)N[C@H]1CCc2nc(C)cn2C1. The lowest BCUT2D eigenvalue weighted by Crippen LogP contribution is -2.41. The number of fused-ring (bicyclic) bond motifs is 1. The van der Waals surface area contributed by atoms with Gasteiger partial charge in [0.25, 0.3) is 0 Å². The lowest BCUT2D eigenvalue weighted by molar-refractivity contribution is -0.121. The van der Waals surface area contributed by atoms with E-state index in [4.69, 9.17) is 4.74 Å². The Labute approximate surface area is 136 Å². The van der Waals surface area contributed by atoms with Crippen molar-refractivity contribution in [3.8, 4) is 5.75 Å². The maximum absolute atomic E-state index is 12.4. The highest BCUT2D eigenvalue weighted by Gasteiger charge is 2.21. The number of hydrogen-bond donors (Lipinski definition) is 1. The third-order valence-corrected chi connectivity index (χ3v) is 4.27. The number of nitrogens with one attached hydrogen (secondary N) is 1. The summed E-state index contributed by atoms with van der Waals surface area (Å²) in [5.74, 6) is 1.93. The van der Waals surface area contributed by atoms with Crippen LogP contribution in [-0.2, 0) is 24.2 Å². The molecule has 0 unspecified atom stereocenters. The highest BCUT2D eigenvalue weighted by Crippen LogP contribution is 2.20. The van der Waals surface area contributed by atoms with Crippen LogP contribution in [0.25, 0.3) is 0 Å². The minimum absolute atomic E-state index is 0.0409. The zero-order valence-corrected chi connectivity index (χ0v) is 13.9. The molecule has 0 aliphatic carbocycles. The Morgan fingerprint density at radius 3 is 3.04 bits per heavy atom. The summed E-state index contributed by atoms with van der Waals surface area (Å²) in [5, 5.41) is 3.15. The summed E-state index contributed by atoms with van der Waals surface area (Å²) in [4.78, 5) is 16.9. The summed E-state index contributed by atoms with van der Waals surface area (Å²) in [6.45, 7) is 4.82. The molecule has 1 amide bonds. The Morgan fingerprint density at radius 2 is 2.26 bits per heavy atom. The average Bonchev–Trinajstić information content (AvgIpc) is 2.86. The van der Waals surface area contributed by atoms with Gasteiger partial charge in [0, 0.05) is 30.8 Å². The van der Waals surface area contributed by atoms with Crippen LogP contribution in [0.15, 0.2) is 24.4 Å². The van der Waals surface area contributed by atoms with Crippen LogP contribution < -0.4 is 10.1 Å². The van der Waals surface area contributed by atoms with Crippen molar-refractivity contribution in [3.05, 3.63) is 47.0 Å².